The van der Waals surface area contributed by atoms with Crippen molar-refractivity contribution in [3.63, 3.8) is 0 Å². The number of amides is 1. The molecule has 132 valence electrons. The van der Waals surface area contributed by atoms with Gasteiger partial charge in [-0.1, -0.05) is 19.1 Å². The molecule has 0 bridgehead atoms. The largest absolute Gasteiger partial charge is 0.497 e. The van der Waals surface area contributed by atoms with Crippen molar-refractivity contribution in [2.24, 2.45) is 0 Å². The van der Waals surface area contributed by atoms with E-state index in [1.165, 1.54) is 5.56 Å². The number of methoxy groups -OCH3 is 1. The lowest BCUT2D eigenvalue weighted by Crippen LogP contribution is -2.49. The maximum absolute atomic E-state index is 12.8. The Balaban J connectivity index is 1.61. The first-order valence-electron chi connectivity index (χ1n) is 9.09. The van der Waals surface area contributed by atoms with Crippen LogP contribution in [0.5, 0.6) is 5.75 Å². The van der Waals surface area contributed by atoms with Gasteiger partial charge in [-0.25, -0.2) is 0 Å². The second-order valence-corrected chi connectivity index (χ2v) is 6.73. The molecule has 2 heterocycles. The Kier molecular flexibility index (Phi) is 5.74. The van der Waals surface area contributed by atoms with Gasteiger partial charge in [0.1, 0.15) is 5.75 Å². The summed E-state index contributed by atoms with van der Waals surface area (Å²) in [6, 6.07) is 8.34. The Bertz CT molecular complexity index is 555. The zero-order valence-electron chi connectivity index (χ0n) is 14.9. The van der Waals surface area contributed by atoms with Crippen LogP contribution in [0.1, 0.15) is 31.4 Å². The highest BCUT2D eigenvalue weighted by Crippen LogP contribution is 2.33. The monoisotopic (exact) mass is 331 g/mol. The van der Waals surface area contributed by atoms with Crippen LogP contribution in [-0.2, 0) is 4.79 Å². The van der Waals surface area contributed by atoms with Gasteiger partial charge in [0, 0.05) is 32.7 Å². The van der Waals surface area contributed by atoms with Gasteiger partial charge in [0.25, 0.3) is 0 Å². The molecule has 0 aromatic heterocycles. The number of carbonyl (C=O) groups excluding carboxylic acids is 1. The minimum absolute atomic E-state index is 0.199. The average Bonchev–Trinajstić information content (AvgIpc) is 3.12. The molecule has 24 heavy (non-hydrogen) atoms. The fourth-order valence-corrected chi connectivity index (χ4v) is 3.81. The van der Waals surface area contributed by atoms with Crippen LogP contribution in [0, 0.1) is 0 Å². The smallest absolute Gasteiger partial charge is 0.237 e. The van der Waals surface area contributed by atoms with Gasteiger partial charge < -0.3 is 14.5 Å². The minimum Gasteiger partial charge on any atom is -0.497 e. The average molecular weight is 331 g/mol. The molecule has 0 aliphatic carbocycles. The van der Waals surface area contributed by atoms with Crippen LogP contribution in [0.4, 0.5) is 0 Å². The maximum Gasteiger partial charge on any atom is 0.237 e. The van der Waals surface area contributed by atoms with E-state index in [0.717, 1.165) is 57.9 Å². The molecule has 5 nitrogen and oxygen atoms in total. The number of nitrogens with zero attached hydrogens (tertiary/aromatic N) is 3. The van der Waals surface area contributed by atoms with Gasteiger partial charge in [-0.3, -0.25) is 9.69 Å². The van der Waals surface area contributed by atoms with E-state index in [1.807, 2.05) is 12.1 Å². The van der Waals surface area contributed by atoms with Crippen molar-refractivity contribution in [1.82, 2.24) is 14.7 Å². The van der Waals surface area contributed by atoms with Gasteiger partial charge in [0.05, 0.1) is 19.7 Å². The Hall–Kier alpha value is -1.59. The number of likely N-dealkylation sites (tertiary alicyclic amines) is 1. The van der Waals surface area contributed by atoms with E-state index in [2.05, 4.69) is 33.8 Å². The van der Waals surface area contributed by atoms with Crippen LogP contribution in [-0.4, -0.2) is 73.5 Å². The Morgan fingerprint density at radius 1 is 1.17 bits per heavy atom. The molecule has 5 heteroatoms. The predicted molar refractivity (Wildman–Crippen MR) is 95.2 cm³/mol. The highest BCUT2D eigenvalue weighted by molar-refractivity contribution is 5.79. The summed E-state index contributed by atoms with van der Waals surface area (Å²) in [6.07, 6.45) is 2.12. The summed E-state index contributed by atoms with van der Waals surface area (Å²) in [7, 11) is 1.69. The first kappa shape index (κ1) is 17.2. The molecule has 0 radical (unpaired) electrons. The number of hydrogen-bond donors (Lipinski definition) is 0. The summed E-state index contributed by atoms with van der Waals surface area (Å²) in [5.41, 5.74) is 1.19. The lowest BCUT2D eigenvalue weighted by Gasteiger charge is -2.35. The summed E-state index contributed by atoms with van der Waals surface area (Å²) in [4.78, 5) is 19.7. The van der Waals surface area contributed by atoms with Gasteiger partial charge in [-0.2, -0.15) is 0 Å². The molecule has 1 aromatic rings. The predicted octanol–water partition coefficient (Wildman–Crippen LogP) is 2.00. The topological polar surface area (TPSA) is 36.0 Å². The molecule has 2 fully saturated rings. The van der Waals surface area contributed by atoms with Crippen LogP contribution >= 0.6 is 0 Å². The van der Waals surface area contributed by atoms with Crippen molar-refractivity contribution in [3.05, 3.63) is 29.8 Å². The maximum atomic E-state index is 12.8. The van der Waals surface area contributed by atoms with Crippen LogP contribution in [0.25, 0.3) is 0 Å². The first-order chi connectivity index (χ1) is 11.7. The van der Waals surface area contributed by atoms with Gasteiger partial charge in [0.15, 0.2) is 0 Å². The summed E-state index contributed by atoms with van der Waals surface area (Å²) in [5.74, 6) is 1.13. The van der Waals surface area contributed by atoms with Gasteiger partial charge in [-0.05, 0) is 37.1 Å². The second kappa shape index (κ2) is 7.99. The fourth-order valence-electron chi connectivity index (χ4n) is 3.81. The van der Waals surface area contributed by atoms with Crippen molar-refractivity contribution in [2.45, 2.75) is 25.8 Å². The molecule has 2 aliphatic rings. The second-order valence-electron chi connectivity index (χ2n) is 6.73. The molecule has 1 atom stereocenters. The molecule has 1 aromatic carbocycles. The minimum atomic E-state index is 0.199. The SMILES string of the molecule is CCN1CCN(CC(=O)N2CCCC2c2cccc(OC)c2)CC1. The molecule has 2 saturated heterocycles. The Morgan fingerprint density at radius 3 is 2.62 bits per heavy atom. The molecule has 1 unspecified atom stereocenters. The first-order valence-corrected chi connectivity index (χ1v) is 9.09. The molecule has 1 amide bonds. The lowest BCUT2D eigenvalue weighted by molar-refractivity contribution is -0.133. The fraction of sp³-hybridized carbons (Fsp3) is 0.632. The number of hydrogen-bond acceptors (Lipinski definition) is 4. The molecule has 0 spiro atoms. The van der Waals surface area contributed by atoms with Crippen LogP contribution in [0.3, 0.4) is 0 Å². The molecule has 2 aliphatic heterocycles. The summed E-state index contributed by atoms with van der Waals surface area (Å²) >= 11 is 0. The molecular weight excluding hydrogens is 302 g/mol. The molecule has 0 saturated carbocycles. The third-order valence-electron chi connectivity index (χ3n) is 5.32. The van der Waals surface area contributed by atoms with Crippen molar-refractivity contribution in [2.75, 3.05) is 52.9 Å². The highest BCUT2D eigenvalue weighted by atomic mass is 16.5. The molecular formula is C19H29N3O2. The number of ether oxygens (including phenoxy) is 1. The van der Waals surface area contributed by atoms with Gasteiger partial charge >= 0.3 is 0 Å². The highest BCUT2D eigenvalue weighted by Gasteiger charge is 2.31. The Morgan fingerprint density at radius 2 is 1.92 bits per heavy atom. The Labute approximate surface area is 145 Å². The van der Waals surface area contributed by atoms with Crippen molar-refractivity contribution in [3.8, 4) is 5.75 Å². The summed E-state index contributed by atoms with van der Waals surface area (Å²) in [6.45, 7) is 8.87. The standard InChI is InChI=1S/C19H29N3O2/c1-3-20-10-12-21(13-11-20)15-19(23)22-9-5-8-18(22)16-6-4-7-17(14-16)24-2/h4,6-7,14,18H,3,5,8-13,15H2,1-2H3. The quantitative estimate of drug-likeness (QED) is 0.827. The van der Waals surface area contributed by atoms with E-state index in [4.69, 9.17) is 4.74 Å². The van der Waals surface area contributed by atoms with Gasteiger partial charge in [0.2, 0.25) is 5.91 Å². The zero-order chi connectivity index (χ0) is 16.9. The van der Waals surface area contributed by atoms with Crippen molar-refractivity contribution >= 4 is 5.91 Å². The van der Waals surface area contributed by atoms with Crippen LogP contribution in [0.15, 0.2) is 24.3 Å². The number of rotatable bonds is 5. The van der Waals surface area contributed by atoms with E-state index in [9.17, 15) is 4.79 Å². The normalized spacial score (nSPS) is 22.8. The molecule has 3 rings (SSSR count). The number of benzene rings is 1. The van der Waals surface area contributed by atoms with Gasteiger partial charge in [-0.15, -0.1) is 0 Å². The number of carbonyl (C=O) groups is 1. The zero-order valence-corrected chi connectivity index (χ0v) is 14.9. The van der Waals surface area contributed by atoms with Crippen molar-refractivity contribution < 1.29 is 9.53 Å². The van der Waals surface area contributed by atoms with E-state index in [-0.39, 0.29) is 11.9 Å². The molecule has 0 N–H and O–H groups in total. The van der Waals surface area contributed by atoms with Crippen LogP contribution in [0.2, 0.25) is 0 Å². The van der Waals surface area contributed by atoms with Crippen molar-refractivity contribution in [1.29, 1.82) is 0 Å². The summed E-state index contributed by atoms with van der Waals surface area (Å²) < 4.78 is 5.34. The summed E-state index contributed by atoms with van der Waals surface area (Å²) in [5, 5.41) is 0. The van der Waals surface area contributed by atoms with E-state index >= 15 is 0 Å². The third-order valence-corrected chi connectivity index (χ3v) is 5.32. The van der Waals surface area contributed by atoms with Crippen LogP contribution < -0.4 is 4.74 Å². The van der Waals surface area contributed by atoms with E-state index < -0.39 is 0 Å². The number of likely N-dealkylation sites (N-methyl/N-ethyl adjacent to an activating group) is 1. The number of piperazine rings is 1. The third kappa shape index (κ3) is 3.90. The lowest BCUT2D eigenvalue weighted by atomic mass is 10.0. The van der Waals surface area contributed by atoms with E-state index in [1.54, 1.807) is 7.11 Å². The van der Waals surface area contributed by atoms with E-state index in [0.29, 0.717) is 6.54 Å².